The first-order valence-corrected chi connectivity index (χ1v) is 6.71. The molecule has 0 aliphatic rings. The van der Waals surface area contributed by atoms with Crippen molar-refractivity contribution in [2.45, 2.75) is 0 Å². The Morgan fingerprint density at radius 3 is 2.59 bits per heavy atom. The second kappa shape index (κ2) is 8.32. The number of para-hydroxylation sites is 2. The van der Waals surface area contributed by atoms with Crippen molar-refractivity contribution in [2.24, 2.45) is 0 Å². The molecular formula is C17H16N2O3. The molecule has 112 valence electrons. The van der Waals surface area contributed by atoms with E-state index in [2.05, 4.69) is 22.1 Å². The molecule has 0 aliphatic carbocycles. The Balaban J connectivity index is 1.75. The zero-order valence-electron chi connectivity index (χ0n) is 12.2. The van der Waals surface area contributed by atoms with Crippen LogP contribution in [0.25, 0.3) is 0 Å². The number of nitrogens with one attached hydrogen (secondary N) is 1. The predicted molar refractivity (Wildman–Crippen MR) is 82.8 cm³/mol. The van der Waals surface area contributed by atoms with Gasteiger partial charge in [-0.05, 0) is 24.3 Å². The summed E-state index contributed by atoms with van der Waals surface area (Å²) >= 11 is 0. The average Bonchev–Trinajstić information content (AvgIpc) is 2.58. The van der Waals surface area contributed by atoms with Gasteiger partial charge in [0.2, 0.25) is 0 Å². The lowest BCUT2D eigenvalue weighted by molar-refractivity contribution is 0.0958. The SMILES string of the molecule is COc1ccccc1OCC#CCNC(=O)c1ccncc1. The molecule has 1 heterocycles. The molecule has 0 unspecified atom stereocenters. The minimum atomic E-state index is -0.178. The minimum absolute atomic E-state index is 0.178. The molecule has 5 heteroatoms. The molecule has 1 aromatic carbocycles. The Morgan fingerprint density at radius 1 is 1.14 bits per heavy atom. The van der Waals surface area contributed by atoms with Gasteiger partial charge in [-0.25, -0.2) is 0 Å². The minimum Gasteiger partial charge on any atom is -0.493 e. The number of methoxy groups -OCH3 is 1. The van der Waals surface area contributed by atoms with Gasteiger partial charge in [0.1, 0.15) is 6.61 Å². The Hall–Kier alpha value is -3.00. The van der Waals surface area contributed by atoms with Crippen molar-refractivity contribution >= 4 is 5.91 Å². The van der Waals surface area contributed by atoms with Crippen LogP contribution in [0.15, 0.2) is 48.8 Å². The summed E-state index contributed by atoms with van der Waals surface area (Å²) in [6, 6.07) is 10.6. The monoisotopic (exact) mass is 296 g/mol. The fourth-order valence-electron chi connectivity index (χ4n) is 1.70. The highest BCUT2D eigenvalue weighted by atomic mass is 16.5. The average molecular weight is 296 g/mol. The van der Waals surface area contributed by atoms with E-state index in [1.54, 1.807) is 31.6 Å². The number of nitrogens with zero attached hydrogens (tertiary/aromatic N) is 1. The molecule has 2 aromatic rings. The third-order valence-corrected chi connectivity index (χ3v) is 2.77. The zero-order chi connectivity index (χ0) is 15.6. The summed E-state index contributed by atoms with van der Waals surface area (Å²) in [5, 5.41) is 2.70. The molecule has 5 nitrogen and oxygen atoms in total. The summed E-state index contributed by atoms with van der Waals surface area (Å²) in [4.78, 5) is 15.6. The fraction of sp³-hybridized carbons (Fsp3) is 0.176. The summed E-state index contributed by atoms with van der Waals surface area (Å²) in [5.74, 6) is 6.79. The van der Waals surface area contributed by atoms with E-state index < -0.39 is 0 Å². The smallest absolute Gasteiger partial charge is 0.252 e. The van der Waals surface area contributed by atoms with Crippen LogP contribution in [0.1, 0.15) is 10.4 Å². The second-order valence-electron chi connectivity index (χ2n) is 4.21. The fourth-order valence-corrected chi connectivity index (χ4v) is 1.70. The number of amides is 1. The number of aromatic nitrogens is 1. The van der Waals surface area contributed by atoms with E-state index in [1.165, 1.54) is 0 Å². The van der Waals surface area contributed by atoms with Gasteiger partial charge in [-0.2, -0.15) is 0 Å². The largest absolute Gasteiger partial charge is 0.493 e. The van der Waals surface area contributed by atoms with Crippen molar-refractivity contribution < 1.29 is 14.3 Å². The molecule has 0 atom stereocenters. The first-order chi connectivity index (χ1) is 10.8. The number of rotatable bonds is 5. The van der Waals surface area contributed by atoms with Crippen molar-refractivity contribution in [3.8, 4) is 23.3 Å². The van der Waals surface area contributed by atoms with E-state index in [0.29, 0.717) is 17.1 Å². The highest BCUT2D eigenvalue weighted by Gasteiger charge is 2.02. The number of hydrogen-bond acceptors (Lipinski definition) is 4. The van der Waals surface area contributed by atoms with E-state index in [9.17, 15) is 4.79 Å². The van der Waals surface area contributed by atoms with Crippen LogP contribution in [0.4, 0.5) is 0 Å². The van der Waals surface area contributed by atoms with E-state index in [1.807, 2.05) is 24.3 Å². The Morgan fingerprint density at radius 2 is 1.86 bits per heavy atom. The number of benzene rings is 1. The maximum atomic E-state index is 11.7. The third kappa shape index (κ3) is 4.53. The standard InChI is InChI=1S/C17H16N2O3/c1-21-15-6-2-3-7-16(15)22-13-5-4-10-19-17(20)14-8-11-18-12-9-14/h2-3,6-9,11-12H,10,13H2,1H3,(H,19,20). The molecule has 0 bridgehead atoms. The molecule has 0 spiro atoms. The topological polar surface area (TPSA) is 60.5 Å². The van der Waals surface area contributed by atoms with Gasteiger partial charge in [0.15, 0.2) is 11.5 Å². The van der Waals surface area contributed by atoms with Gasteiger partial charge in [0.25, 0.3) is 5.91 Å². The predicted octanol–water partition coefficient (Wildman–Crippen LogP) is 1.90. The van der Waals surface area contributed by atoms with E-state index >= 15 is 0 Å². The number of hydrogen-bond donors (Lipinski definition) is 1. The Kier molecular flexibility index (Phi) is 5.82. The van der Waals surface area contributed by atoms with Crippen molar-refractivity contribution in [3.63, 3.8) is 0 Å². The number of carbonyl (C=O) groups excluding carboxylic acids is 1. The highest BCUT2D eigenvalue weighted by molar-refractivity contribution is 5.94. The van der Waals surface area contributed by atoms with Gasteiger partial charge in [-0.15, -0.1) is 0 Å². The van der Waals surface area contributed by atoms with Crippen LogP contribution in [0.2, 0.25) is 0 Å². The van der Waals surface area contributed by atoms with Gasteiger partial charge in [0.05, 0.1) is 13.7 Å². The molecule has 1 amide bonds. The van der Waals surface area contributed by atoms with Crippen molar-refractivity contribution in [1.29, 1.82) is 0 Å². The van der Waals surface area contributed by atoms with Crippen LogP contribution in [0.5, 0.6) is 11.5 Å². The van der Waals surface area contributed by atoms with Gasteiger partial charge < -0.3 is 14.8 Å². The molecule has 22 heavy (non-hydrogen) atoms. The van der Waals surface area contributed by atoms with Crippen LogP contribution >= 0.6 is 0 Å². The highest BCUT2D eigenvalue weighted by Crippen LogP contribution is 2.25. The first kappa shape index (κ1) is 15.4. The molecule has 1 aromatic heterocycles. The lowest BCUT2D eigenvalue weighted by Crippen LogP contribution is -2.23. The van der Waals surface area contributed by atoms with E-state index in [-0.39, 0.29) is 19.1 Å². The second-order valence-corrected chi connectivity index (χ2v) is 4.21. The third-order valence-electron chi connectivity index (χ3n) is 2.77. The zero-order valence-corrected chi connectivity index (χ0v) is 12.2. The summed E-state index contributed by atoms with van der Waals surface area (Å²) < 4.78 is 10.7. The van der Waals surface area contributed by atoms with Crippen LogP contribution in [0.3, 0.4) is 0 Å². The van der Waals surface area contributed by atoms with Crippen LogP contribution in [0, 0.1) is 11.8 Å². The Bertz CT molecular complexity index is 675. The maximum absolute atomic E-state index is 11.7. The molecule has 1 N–H and O–H groups in total. The lowest BCUT2D eigenvalue weighted by Gasteiger charge is -2.07. The summed E-state index contributed by atoms with van der Waals surface area (Å²) in [5.41, 5.74) is 0.557. The number of ether oxygens (including phenoxy) is 2. The lowest BCUT2D eigenvalue weighted by atomic mass is 10.2. The molecule has 0 saturated carbocycles. The normalized spacial score (nSPS) is 9.32. The molecule has 0 radical (unpaired) electrons. The summed E-state index contributed by atoms with van der Waals surface area (Å²) in [6.45, 7) is 0.488. The van der Waals surface area contributed by atoms with Crippen LogP contribution in [-0.2, 0) is 0 Å². The Labute approximate surface area is 129 Å². The van der Waals surface area contributed by atoms with Gasteiger partial charge in [-0.3, -0.25) is 9.78 Å². The molecule has 0 fully saturated rings. The number of carbonyl (C=O) groups is 1. The van der Waals surface area contributed by atoms with Gasteiger partial charge in [0, 0.05) is 18.0 Å². The summed E-state index contributed by atoms with van der Waals surface area (Å²) in [7, 11) is 1.59. The first-order valence-electron chi connectivity index (χ1n) is 6.71. The quantitative estimate of drug-likeness (QED) is 0.856. The van der Waals surface area contributed by atoms with Crippen LogP contribution in [-0.4, -0.2) is 31.2 Å². The van der Waals surface area contributed by atoms with Crippen LogP contribution < -0.4 is 14.8 Å². The van der Waals surface area contributed by atoms with Crippen molar-refractivity contribution in [1.82, 2.24) is 10.3 Å². The van der Waals surface area contributed by atoms with Gasteiger partial charge >= 0.3 is 0 Å². The molecule has 0 saturated heterocycles. The number of pyridine rings is 1. The van der Waals surface area contributed by atoms with Crippen molar-refractivity contribution in [3.05, 3.63) is 54.4 Å². The van der Waals surface area contributed by atoms with E-state index in [0.717, 1.165) is 0 Å². The summed E-state index contributed by atoms with van der Waals surface area (Å²) in [6.07, 6.45) is 3.14. The maximum Gasteiger partial charge on any atom is 0.252 e. The molecular weight excluding hydrogens is 280 g/mol. The van der Waals surface area contributed by atoms with Crippen molar-refractivity contribution in [2.75, 3.05) is 20.3 Å². The van der Waals surface area contributed by atoms with E-state index in [4.69, 9.17) is 9.47 Å². The van der Waals surface area contributed by atoms with Gasteiger partial charge in [-0.1, -0.05) is 24.0 Å². The molecule has 0 aliphatic heterocycles. The molecule has 2 rings (SSSR count).